The van der Waals surface area contributed by atoms with Gasteiger partial charge in [0.05, 0.1) is 0 Å². The van der Waals surface area contributed by atoms with Gasteiger partial charge in [-0.3, -0.25) is 19.8 Å². The number of nitrogens with zero attached hydrogens (tertiary/aromatic N) is 3. The average molecular weight is 490 g/mol. The van der Waals surface area contributed by atoms with Gasteiger partial charge in [0, 0.05) is 67.7 Å². The van der Waals surface area contributed by atoms with Crippen LogP contribution in [0.5, 0.6) is 0 Å². The summed E-state index contributed by atoms with van der Waals surface area (Å²) < 4.78 is 0. The van der Waals surface area contributed by atoms with Crippen LogP contribution in [0.2, 0.25) is 0 Å². The molecule has 1 aliphatic carbocycles. The number of aliphatic imine (C=N–C) groups is 2. The summed E-state index contributed by atoms with van der Waals surface area (Å²) in [4.78, 5) is 25.7. The zero-order chi connectivity index (χ0) is 26.2. The lowest BCUT2D eigenvalue weighted by Gasteiger charge is -2.19. The van der Waals surface area contributed by atoms with Crippen molar-refractivity contribution in [2.75, 3.05) is 7.05 Å². The molecule has 1 aliphatic rings. The molecule has 1 amide bonds. The van der Waals surface area contributed by atoms with Crippen LogP contribution < -0.4 is 10.6 Å². The second-order valence-corrected chi connectivity index (χ2v) is 9.79. The molecule has 6 nitrogen and oxygen atoms in total. The van der Waals surface area contributed by atoms with Crippen LogP contribution in [0.25, 0.3) is 0 Å². The first-order valence-electron chi connectivity index (χ1n) is 13.5. The molecule has 2 radical (unpaired) electrons. The van der Waals surface area contributed by atoms with E-state index in [4.69, 9.17) is 12.8 Å². The van der Waals surface area contributed by atoms with Crippen LogP contribution in [-0.2, 0) is 11.3 Å². The quantitative estimate of drug-likeness (QED) is 0.247. The fourth-order valence-corrected chi connectivity index (χ4v) is 4.52. The van der Waals surface area contributed by atoms with E-state index < -0.39 is 0 Å². The van der Waals surface area contributed by atoms with Gasteiger partial charge in [-0.25, -0.2) is 0 Å². The van der Waals surface area contributed by atoms with Gasteiger partial charge in [0.15, 0.2) is 0 Å². The van der Waals surface area contributed by atoms with E-state index in [1.54, 1.807) is 19.5 Å². The summed E-state index contributed by atoms with van der Waals surface area (Å²) in [6.45, 7) is 6.90. The molecule has 1 heterocycles. The van der Waals surface area contributed by atoms with Gasteiger partial charge in [0.1, 0.15) is 7.85 Å². The summed E-state index contributed by atoms with van der Waals surface area (Å²) in [6.07, 6.45) is 17.7. The minimum Gasteiger partial charge on any atom is -0.384 e. The predicted octanol–water partition coefficient (Wildman–Crippen LogP) is 5.65. The molecule has 1 atom stereocenters. The third kappa shape index (κ3) is 11.4. The van der Waals surface area contributed by atoms with Gasteiger partial charge in [-0.05, 0) is 63.7 Å². The molecular weight excluding hydrogens is 445 g/mol. The van der Waals surface area contributed by atoms with Crippen molar-refractivity contribution in [3.8, 4) is 0 Å². The van der Waals surface area contributed by atoms with Crippen LogP contribution in [-0.4, -0.2) is 43.8 Å². The highest BCUT2D eigenvalue weighted by molar-refractivity contribution is 6.33. The smallest absolute Gasteiger partial charge is 0.220 e. The highest BCUT2D eigenvalue weighted by Gasteiger charge is 2.19. The van der Waals surface area contributed by atoms with Crippen LogP contribution >= 0.6 is 0 Å². The number of aromatic nitrogens is 1. The average Bonchev–Trinajstić information content (AvgIpc) is 3.38. The summed E-state index contributed by atoms with van der Waals surface area (Å²) in [5.74, 6) is 0.430. The standard InChI is InChI=1S/C29H44BN5O/c1-5-6-12-25(13-9-16-29(36)35-26-14-7-8-15-26)28(34-23(3)27(30)21-31-4)18-22(2)33-20-24-11-10-17-32-19-24/h10-11,17-19,21,25-26,33H,5-9,12-16,20H2,1-4H3,(H,35,36)/b22-18+,27-23-,31-21?,34-28+. The Labute approximate surface area is 219 Å². The lowest BCUT2D eigenvalue weighted by Crippen LogP contribution is -2.32. The van der Waals surface area contributed by atoms with Crippen LogP contribution in [0.4, 0.5) is 0 Å². The maximum Gasteiger partial charge on any atom is 0.220 e. The highest BCUT2D eigenvalue weighted by Crippen LogP contribution is 2.22. The Hall–Kier alpha value is -2.70. The Morgan fingerprint density at radius 1 is 1.25 bits per heavy atom. The van der Waals surface area contributed by atoms with E-state index >= 15 is 0 Å². The third-order valence-corrected chi connectivity index (χ3v) is 6.64. The summed E-state index contributed by atoms with van der Waals surface area (Å²) in [5.41, 5.74) is 4.48. The molecule has 0 spiro atoms. The fraction of sp³-hybridized carbons (Fsp3) is 0.586. The van der Waals surface area contributed by atoms with Gasteiger partial charge < -0.3 is 10.6 Å². The van der Waals surface area contributed by atoms with Crippen LogP contribution in [0.15, 0.2) is 57.5 Å². The van der Waals surface area contributed by atoms with Crippen molar-refractivity contribution in [3.05, 3.63) is 53.0 Å². The van der Waals surface area contributed by atoms with Crippen LogP contribution in [0.3, 0.4) is 0 Å². The minimum atomic E-state index is 0.180. The molecule has 1 fully saturated rings. The molecular formula is C29H44BN5O. The van der Waals surface area contributed by atoms with E-state index in [1.807, 2.05) is 19.2 Å². The molecule has 0 aromatic carbocycles. The van der Waals surface area contributed by atoms with Crippen molar-refractivity contribution < 1.29 is 4.79 Å². The first kappa shape index (κ1) is 29.5. The molecule has 0 bridgehead atoms. The largest absolute Gasteiger partial charge is 0.384 e. The van der Waals surface area contributed by atoms with E-state index in [1.165, 1.54) is 12.8 Å². The summed E-state index contributed by atoms with van der Waals surface area (Å²) in [6, 6.07) is 4.37. The Morgan fingerprint density at radius 3 is 2.67 bits per heavy atom. The van der Waals surface area contributed by atoms with Crippen molar-refractivity contribution in [2.45, 2.75) is 97.6 Å². The topological polar surface area (TPSA) is 78.7 Å². The summed E-state index contributed by atoms with van der Waals surface area (Å²) in [7, 11) is 7.89. The van der Waals surface area contributed by atoms with Gasteiger partial charge in [0.2, 0.25) is 5.91 Å². The normalized spacial score (nSPS) is 16.8. The number of amides is 1. The predicted molar refractivity (Wildman–Crippen MR) is 152 cm³/mol. The number of allylic oxidation sites excluding steroid dienone is 4. The molecule has 194 valence electrons. The minimum absolute atomic E-state index is 0.180. The molecule has 2 N–H and O–H groups in total. The van der Waals surface area contributed by atoms with Crippen molar-refractivity contribution in [3.63, 3.8) is 0 Å². The Balaban J connectivity index is 2.16. The summed E-state index contributed by atoms with van der Waals surface area (Å²) in [5, 5.41) is 6.70. The lowest BCUT2D eigenvalue weighted by atomic mass is 9.89. The molecule has 1 aromatic heterocycles. The number of nitrogens with one attached hydrogen (secondary N) is 2. The van der Waals surface area contributed by atoms with Crippen molar-refractivity contribution >= 4 is 25.7 Å². The van der Waals surface area contributed by atoms with Gasteiger partial charge in [-0.15, -0.1) is 0 Å². The number of hydrogen-bond donors (Lipinski definition) is 2. The number of rotatable bonds is 15. The number of unbranched alkanes of at least 4 members (excludes halogenated alkanes) is 1. The molecule has 0 saturated heterocycles. The van der Waals surface area contributed by atoms with Crippen LogP contribution in [0, 0.1) is 5.92 Å². The van der Waals surface area contributed by atoms with E-state index in [0.29, 0.717) is 24.5 Å². The zero-order valence-corrected chi connectivity index (χ0v) is 22.7. The summed E-state index contributed by atoms with van der Waals surface area (Å²) >= 11 is 0. The second-order valence-electron chi connectivity index (χ2n) is 9.79. The number of pyridine rings is 1. The van der Waals surface area contributed by atoms with Crippen molar-refractivity contribution in [1.82, 2.24) is 15.6 Å². The molecule has 0 aliphatic heterocycles. The lowest BCUT2D eigenvalue weighted by molar-refractivity contribution is -0.121. The molecule has 1 aromatic rings. The highest BCUT2D eigenvalue weighted by atomic mass is 16.1. The van der Waals surface area contributed by atoms with E-state index in [2.05, 4.69) is 46.6 Å². The fourth-order valence-electron chi connectivity index (χ4n) is 4.52. The zero-order valence-electron chi connectivity index (χ0n) is 22.7. The van der Waals surface area contributed by atoms with E-state index in [0.717, 1.165) is 67.6 Å². The second kappa shape index (κ2) is 16.9. The monoisotopic (exact) mass is 489 g/mol. The number of hydrogen-bond acceptors (Lipinski definition) is 5. The Morgan fingerprint density at radius 2 is 2.00 bits per heavy atom. The third-order valence-electron chi connectivity index (χ3n) is 6.64. The Kier molecular flexibility index (Phi) is 13.9. The van der Waals surface area contributed by atoms with Crippen molar-refractivity contribution in [1.29, 1.82) is 0 Å². The SMILES string of the molecule is [B]\C(C=NC)=C(C)/N=C(\C=C(/C)NCc1cccnc1)C(CCCC)CCCC(=O)NC1CCCC1. The maximum absolute atomic E-state index is 12.5. The maximum atomic E-state index is 12.5. The number of carbonyl (C=O) groups is 1. The van der Waals surface area contributed by atoms with Gasteiger partial charge in [-0.1, -0.05) is 44.1 Å². The first-order valence-corrected chi connectivity index (χ1v) is 13.5. The van der Waals surface area contributed by atoms with Crippen LogP contribution in [0.1, 0.15) is 90.5 Å². The van der Waals surface area contributed by atoms with Gasteiger partial charge in [0.25, 0.3) is 0 Å². The van der Waals surface area contributed by atoms with E-state index in [9.17, 15) is 4.79 Å². The molecule has 1 unspecified atom stereocenters. The van der Waals surface area contributed by atoms with Gasteiger partial charge in [-0.2, -0.15) is 0 Å². The molecule has 1 saturated carbocycles. The van der Waals surface area contributed by atoms with Gasteiger partial charge >= 0.3 is 0 Å². The Bertz CT molecular complexity index is 917. The molecule has 36 heavy (non-hydrogen) atoms. The van der Waals surface area contributed by atoms with E-state index in [-0.39, 0.29) is 11.8 Å². The molecule has 7 heteroatoms. The number of carbonyl (C=O) groups excluding carboxylic acids is 1. The van der Waals surface area contributed by atoms with Crippen molar-refractivity contribution in [2.24, 2.45) is 15.9 Å². The molecule has 2 rings (SSSR count). The first-order chi connectivity index (χ1) is 17.4.